The zero-order chi connectivity index (χ0) is 25.6. The number of benzene rings is 3. The Morgan fingerprint density at radius 1 is 1.19 bits per heavy atom. The average molecular weight is 523 g/mol. The molecule has 3 heterocycles. The number of hydrogen-bond donors (Lipinski definition) is 3. The third kappa shape index (κ3) is 3.17. The molecule has 37 heavy (non-hydrogen) atoms. The first-order chi connectivity index (χ1) is 17.8. The Balaban J connectivity index is 1.59. The fraction of sp³-hybridized carbons (Fsp3) is 0.345. The van der Waals surface area contributed by atoms with Crippen LogP contribution >= 0.6 is 11.6 Å². The van der Waals surface area contributed by atoms with Crippen LogP contribution in [0, 0.1) is 11.6 Å². The van der Waals surface area contributed by atoms with Crippen molar-refractivity contribution < 1.29 is 23.4 Å². The van der Waals surface area contributed by atoms with Gasteiger partial charge >= 0.3 is 0 Å². The fourth-order valence-corrected chi connectivity index (χ4v) is 7.06. The van der Waals surface area contributed by atoms with E-state index in [9.17, 15) is 9.90 Å². The molecule has 4 bridgehead atoms. The van der Waals surface area contributed by atoms with Crippen molar-refractivity contribution in [2.75, 3.05) is 11.9 Å². The van der Waals surface area contributed by atoms with Crippen molar-refractivity contribution in [2.24, 2.45) is 0 Å². The van der Waals surface area contributed by atoms with Crippen molar-refractivity contribution >= 4 is 23.2 Å². The lowest BCUT2D eigenvalue weighted by molar-refractivity contribution is 0.0539. The second-order valence-corrected chi connectivity index (χ2v) is 11.0. The highest BCUT2D eigenvalue weighted by Crippen LogP contribution is 2.54. The summed E-state index contributed by atoms with van der Waals surface area (Å²) in [5, 5.41) is 16.9. The molecule has 1 saturated heterocycles. The van der Waals surface area contributed by atoms with Crippen LogP contribution in [-0.4, -0.2) is 23.6 Å². The van der Waals surface area contributed by atoms with Crippen LogP contribution in [0.3, 0.4) is 0 Å². The van der Waals surface area contributed by atoms with E-state index in [2.05, 4.69) is 10.6 Å². The smallest absolute Gasteiger partial charge is 0.256 e. The van der Waals surface area contributed by atoms with Gasteiger partial charge in [0, 0.05) is 40.4 Å². The summed E-state index contributed by atoms with van der Waals surface area (Å²) in [5.41, 5.74) is 1.84. The number of ether oxygens (including phenoxy) is 1. The summed E-state index contributed by atoms with van der Waals surface area (Å²) < 4.78 is 38.5. The number of fused-ring (bicyclic) bond motifs is 7. The molecular weight excluding hydrogens is 498 g/mol. The van der Waals surface area contributed by atoms with Gasteiger partial charge in [-0.1, -0.05) is 30.7 Å². The van der Waals surface area contributed by atoms with Crippen molar-refractivity contribution in [3.63, 3.8) is 0 Å². The van der Waals surface area contributed by atoms with Crippen LogP contribution in [0.4, 0.5) is 14.5 Å². The summed E-state index contributed by atoms with van der Waals surface area (Å²) in [6.07, 6.45) is 1.45. The molecule has 0 radical (unpaired) electrons. The van der Waals surface area contributed by atoms with E-state index in [1.54, 1.807) is 12.1 Å². The number of carbonyl (C=O) groups is 1. The Kier molecular flexibility index (Phi) is 5.00. The lowest BCUT2D eigenvalue weighted by Crippen LogP contribution is -2.49. The molecule has 190 valence electrons. The quantitative estimate of drug-likeness (QED) is 0.368. The third-order valence-corrected chi connectivity index (χ3v) is 8.89. The monoisotopic (exact) mass is 522 g/mol. The van der Waals surface area contributed by atoms with Gasteiger partial charge < -0.3 is 20.5 Å². The number of aliphatic hydroxyl groups excluding tert-OH is 1. The van der Waals surface area contributed by atoms with Gasteiger partial charge in [-0.15, -0.1) is 0 Å². The van der Waals surface area contributed by atoms with Crippen LogP contribution < -0.4 is 15.4 Å². The van der Waals surface area contributed by atoms with E-state index in [1.165, 1.54) is 6.07 Å². The predicted molar refractivity (Wildman–Crippen MR) is 136 cm³/mol. The highest BCUT2D eigenvalue weighted by atomic mass is 35.5. The van der Waals surface area contributed by atoms with Gasteiger partial charge in [-0.05, 0) is 61.1 Å². The first-order valence-corrected chi connectivity index (χ1v) is 13.1. The Morgan fingerprint density at radius 2 is 2.03 bits per heavy atom. The van der Waals surface area contributed by atoms with E-state index >= 15 is 8.78 Å². The molecule has 4 atom stereocenters. The zero-order valence-electron chi connectivity index (χ0n) is 20.1. The second-order valence-electron chi connectivity index (χ2n) is 10.6. The summed E-state index contributed by atoms with van der Waals surface area (Å²) in [6.45, 7) is 2.71. The minimum absolute atomic E-state index is 0.0516. The molecule has 1 aliphatic carbocycles. The maximum Gasteiger partial charge on any atom is 0.256 e. The molecule has 3 aromatic rings. The van der Waals surface area contributed by atoms with E-state index < -0.39 is 29.2 Å². The number of nitrogens with one attached hydrogen (secondary N) is 2. The first kappa shape index (κ1) is 23.1. The maximum absolute atomic E-state index is 16.5. The molecule has 1 amide bonds. The molecule has 1 fully saturated rings. The summed E-state index contributed by atoms with van der Waals surface area (Å²) in [5.74, 6) is -1.87. The lowest BCUT2D eigenvalue weighted by atomic mass is 9.80. The molecule has 7 rings (SSSR count). The van der Waals surface area contributed by atoms with Crippen molar-refractivity contribution in [1.29, 1.82) is 0 Å². The Hall–Kier alpha value is -3.00. The highest BCUT2D eigenvalue weighted by Gasteiger charge is 2.51. The van der Waals surface area contributed by atoms with Crippen LogP contribution in [-0.2, 0) is 12.0 Å². The highest BCUT2D eigenvalue weighted by molar-refractivity contribution is 6.34. The van der Waals surface area contributed by atoms with Crippen molar-refractivity contribution in [3.05, 3.63) is 80.9 Å². The van der Waals surface area contributed by atoms with Crippen LogP contribution in [0.5, 0.6) is 5.75 Å². The third-order valence-electron chi connectivity index (χ3n) is 8.52. The molecule has 3 aliphatic heterocycles. The standard InChI is InChI=1S/C29H25ClF2N2O3/c1-13-8-20(35)23-16(13)10-17-25(27(23)32)24-18-12-29(22-6-3-7-33-22,37-21(18)11-19(31)26(24)30)14-4-2-5-15(9-14)34-28(17)36/h2,4-5,9-11,13,20,22,33,35H,3,6-8,12H2,1H3,(H,34,36)/t13-,20-,22+,29+/m1/s1. The molecular formula is C29H25ClF2N2O3. The molecule has 8 heteroatoms. The summed E-state index contributed by atoms with van der Waals surface area (Å²) >= 11 is 6.60. The van der Waals surface area contributed by atoms with E-state index in [0.29, 0.717) is 29.7 Å². The Labute approximate surface area is 217 Å². The van der Waals surface area contributed by atoms with Crippen LogP contribution in [0.15, 0.2) is 36.4 Å². The van der Waals surface area contributed by atoms with Gasteiger partial charge in [0.1, 0.15) is 17.4 Å². The van der Waals surface area contributed by atoms with E-state index in [0.717, 1.165) is 24.9 Å². The van der Waals surface area contributed by atoms with E-state index in [4.69, 9.17) is 16.3 Å². The molecule has 5 nitrogen and oxygen atoms in total. The normalized spacial score (nSPS) is 27.3. The first-order valence-electron chi connectivity index (χ1n) is 12.7. The summed E-state index contributed by atoms with van der Waals surface area (Å²) in [4.78, 5) is 13.7. The van der Waals surface area contributed by atoms with Crippen LogP contribution in [0.25, 0.3) is 11.1 Å². The van der Waals surface area contributed by atoms with Gasteiger partial charge in [0.15, 0.2) is 5.60 Å². The molecule has 3 aromatic carbocycles. The maximum atomic E-state index is 16.5. The van der Waals surface area contributed by atoms with E-state index in [1.807, 2.05) is 25.1 Å². The van der Waals surface area contributed by atoms with Gasteiger partial charge in [-0.3, -0.25) is 4.79 Å². The summed E-state index contributed by atoms with van der Waals surface area (Å²) in [6, 6.07) is 10.3. The minimum atomic E-state index is -1.02. The number of amides is 1. The minimum Gasteiger partial charge on any atom is -0.480 e. The van der Waals surface area contributed by atoms with Crippen molar-refractivity contribution in [2.45, 2.75) is 56.3 Å². The molecule has 3 N–H and O–H groups in total. The SMILES string of the molecule is C[C@@H]1C[C@@H](O)c2c1cc1c(c2F)-c2c(Cl)c(F)cc3c2C[C@]([C@@H]2CCCN2)(O3)c2cccc(c2)NC1=O. The lowest BCUT2D eigenvalue weighted by Gasteiger charge is -2.35. The topological polar surface area (TPSA) is 70.6 Å². The largest absolute Gasteiger partial charge is 0.480 e. The van der Waals surface area contributed by atoms with Crippen molar-refractivity contribution in [3.8, 4) is 16.9 Å². The number of halogens is 3. The zero-order valence-corrected chi connectivity index (χ0v) is 20.9. The van der Waals surface area contributed by atoms with Gasteiger partial charge in [-0.25, -0.2) is 8.78 Å². The number of aliphatic hydroxyl groups is 1. The summed E-state index contributed by atoms with van der Waals surface area (Å²) in [7, 11) is 0. The Bertz CT molecular complexity index is 1500. The van der Waals surface area contributed by atoms with Gasteiger partial charge in [0.25, 0.3) is 5.91 Å². The second kappa shape index (κ2) is 8.00. The number of hydrogen-bond acceptors (Lipinski definition) is 4. The van der Waals surface area contributed by atoms with Crippen LogP contribution in [0.2, 0.25) is 5.02 Å². The number of carbonyl (C=O) groups excluding carboxylic acids is 1. The predicted octanol–water partition coefficient (Wildman–Crippen LogP) is 5.97. The van der Waals surface area contributed by atoms with Crippen molar-refractivity contribution in [1.82, 2.24) is 5.32 Å². The fourth-order valence-electron chi connectivity index (χ4n) is 6.80. The Morgan fingerprint density at radius 3 is 2.81 bits per heavy atom. The average Bonchev–Trinajstić information content (AvgIpc) is 3.59. The molecule has 0 spiro atoms. The molecule has 0 unspecified atom stereocenters. The van der Waals surface area contributed by atoms with Gasteiger partial charge in [0.05, 0.1) is 22.7 Å². The molecule has 0 aromatic heterocycles. The molecule has 4 aliphatic rings. The van der Waals surface area contributed by atoms with Crippen LogP contribution in [0.1, 0.15) is 70.8 Å². The van der Waals surface area contributed by atoms with Gasteiger partial charge in [0.2, 0.25) is 0 Å². The van der Waals surface area contributed by atoms with Gasteiger partial charge in [-0.2, -0.15) is 0 Å². The number of rotatable bonds is 1. The van der Waals surface area contributed by atoms with E-state index in [-0.39, 0.29) is 45.0 Å². The molecule has 0 saturated carbocycles. The number of anilines is 1.